The minimum atomic E-state index is -5.65. The molecule has 0 aliphatic heterocycles. The SMILES string of the molecule is COc1ccc2c(c1)c(C1=C(c3c(C)sc(/C=C/C=C/c4ccc(C)cc4)c3C)C(F)(F)C(F)(F)C1(F)F)c(C)n2C. The maximum absolute atomic E-state index is 15.8. The number of allylic oxidation sites excluding steroid dienone is 4. The summed E-state index contributed by atoms with van der Waals surface area (Å²) in [7, 11) is 2.95. The van der Waals surface area contributed by atoms with Gasteiger partial charge >= 0.3 is 17.8 Å². The number of nitrogens with zero attached hydrogens (tertiary/aromatic N) is 1. The molecule has 0 saturated carbocycles. The van der Waals surface area contributed by atoms with E-state index >= 15 is 26.3 Å². The highest BCUT2D eigenvalue weighted by atomic mass is 32.1. The molecule has 0 amide bonds. The average Bonchev–Trinajstić information content (AvgIpc) is 3.39. The molecule has 0 fully saturated rings. The molecule has 4 aromatic rings. The van der Waals surface area contributed by atoms with Gasteiger partial charge in [0.25, 0.3) is 0 Å². The van der Waals surface area contributed by atoms with Gasteiger partial charge in [0.2, 0.25) is 0 Å². The zero-order valence-electron chi connectivity index (χ0n) is 23.9. The topological polar surface area (TPSA) is 14.2 Å². The second kappa shape index (κ2) is 10.2. The van der Waals surface area contributed by atoms with Crippen LogP contribution in [0.3, 0.4) is 0 Å². The van der Waals surface area contributed by atoms with E-state index in [2.05, 4.69) is 0 Å². The normalized spacial score (nSPS) is 17.8. The summed E-state index contributed by atoms with van der Waals surface area (Å²) in [4.78, 5) is 0.749. The predicted octanol–water partition coefficient (Wildman–Crippen LogP) is 10.0. The van der Waals surface area contributed by atoms with Gasteiger partial charge in [0.1, 0.15) is 5.75 Å². The molecule has 0 bridgehead atoms. The first-order valence-electron chi connectivity index (χ1n) is 13.2. The molecule has 0 N–H and O–H groups in total. The van der Waals surface area contributed by atoms with Gasteiger partial charge in [-0.1, -0.05) is 48.1 Å². The molecule has 220 valence electrons. The number of hydrogen-bond acceptors (Lipinski definition) is 2. The van der Waals surface area contributed by atoms with E-state index in [0.717, 1.165) is 22.5 Å². The summed E-state index contributed by atoms with van der Waals surface area (Å²) in [6.07, 6.45) is 6.99. The van der Waals surface area contributed by atoms with Gasteiger partial charge in [0.15, 0.2) is 0 Å². The lowest BCUT2D eigenvalue weighted by Crippen LogP contribution is -2.49. The van der Waals surface area contributed by atoms with Gasteiger partial charge in [0, 0.05) is 55.7 Å². The molecule has 1 aliphatic rings. The summed E-state index contributed by atoms with van der Waals surface area (Å²) in [5, 5.41) is 0.127. The molecule has 0 radical (unpaired) electrons. The van der Waals surface area contributed by atoms with Crippen molar-refractivity contribution < 1.29 is 31.1 Å². The fourth-order valence-corrected chi connectivity index (χ4v) is 6.66. The smallest absolute Gasteiger partial charge is 0.380 e. The van der Waals surface area contributed by atoms with Gasteiger partial charge in [0.05, 0.1) is 7.11 Å². The van der Waals surface area contributed by atoms with Crippen LogP contribution in [0.1, 0.15) is 43.3 Å². The molecule has 0 unspecified atom stereocenters. The highest BCUT2D eigenvalue weighted by Crippen LogP contribution is 2.66. The van der Waals surface area contributed by atoms with E-state index in [1.165, 1.54) is 38.5 Å². The van der Waals surface area contributed by atoms with Crippen molar-refractivity contribution in [2.45, 2.75) is 45.5 Å². The van der Waals surface area contributed by atoms with E-state index in [1.54, 1.807) is 37.4 Å². The fraction of sp³-hybridized carbons (Fsp3) is 0.273. The van der Waals surface area contributed by atoms with Crippen molar-refractivity contribution in [2.75, 3.05) is 7.11 Å². The number of alkyl halides is 6. The van der Waals surface area contributed by atoms with Crippen LogP contribution in [0.5, 0.6) is 5.75 Å². The van der Waals surface area contributed by atoms with Gasteiger partial charge < -0.3 is 9.30 Å². The summed E-state index contributed by atoms with van der Waals surface area (Å²) < 4.78 is 100. The van der Waals surface area contributed by atoms with Crippen LogP contribution in [0.4, 0.5) is 26.3 Å². The fourth-order valence-electron chi connectivity index (χ4n) is 5.57. The molecule has 9 heteroatoms. The van der Waals surface area contributed by atoms with Gasteiger partial charge in [-0.2, -0.15) is 26.3 Å². The Kier molecular flexibility index (Phi) is 7.24. The third-order valence-corrected chi connectivity index (χ3v) is 9.12. The maximum Gasteiger partial charge on any atom is 0.380 e. The number of rotatable bonds is 6. The zero-order valence-corrected chi connectivity index (χ0v) is 24.7. The lowest BCUT2D eigenvalue weighted by Gasteiger charge is -2.26. The third kappa shape index (κ3) is 4.32. The van der Waals surface area contributed by atoms with Crippen LogP contribution < -0.4 is 4.74 Å². The Morgan fingerprint density at radius 3 is 2.00 bits per heavy atom. The van der Waals surface area contributed by atoms with Crippen LogP contribution in [0.2, 0.25) is 0 Å². The molecule has 2 aromatic carbocycles. The molecule has 0 atom stereocenters. The average molecular weight is 602 g/mol. The molecule has 0 saturated heterocycles. The highest BCUT2D eigenvalue weighted by Gasteiger charge is 2.80. The Labute approximate surface area is 244 Å². The van der Waals surface area contributed by atoms with Crippen molar-refractivity contribution in [3.05, 3.63) is 97.9 Å². The number of halogens is 6. The number of methoxy groups -OCH3 is 1. The summed E-state index contributed by atoms with van der Waals surface area (Å²) >= 11 is 1.09. The lowest BCUT2D eigenvalue weighted by atomic mass is 9.91. The van der Waals surface area contributed by atoms with Crippen LogP contribution in [-0.2, 0) is 7.05 Å². The summed E-state index contributed by atoms with van der Waals surface area (Å²) in [6, 6.07) is 12.4. The minimum absolute atomic E-state index is 0.127. The molecule has 0 spiro atoms. The van der Waals surface area contributed by atoms with Crippen molar-refractivity contribution in [1.82, 2.24) is 4.57 Å². The van der Waals surface area contributed by atoms with Crippen LogP contribution in [0, 0.1) is 27.7 Å². The molecule has 2 heterocycles. The number of hydrogen-bond donors (Lipinski definition) is 0. The zero-order chi connectivity index (χ0) is 30.8. The number of aromatic nitrogens is 1. The van der Waals surface area contributed by atoms with E-state index in [0.29, 0.717) is 10.4 Å². The predicted molar refractivity (Wildman–Crippen MR) is 159 cm³/mol. The van der Waals surface area contributed by atoms with Gasteiger partial charge in [-0.25, -0.2) is 0 Å². The summed E-state index contributed by atoms with van der Waals surface area (Å²) in [6.45, 7) is 6.42. The van der Waals surface area contributed by atoms with Crippen LogP contribution in [0.15, 0.2) is 54.6 Å². The van der Waals surface area contributed by atoms with E-state index in [1.807, 2.05) is 37.3 Å². The molecule has 2 nitrogen and oxygen atoms in total. The Bertz CT molecular complexity index is 1790. The standard InChI is InChI=1S/C33H29F6NOS/c1-18-11-13-22(14-12-18)9-7-8-10-26-19(2)27(21(4)42-26)29-30(32(36,37)33(38,39)31(29,34)35)28-20(3)40(5)25-16-15-23(41-6)17-24(25)28/h7-17H,1-6H3/b9-7+,10-8+. The maximum atomic E-state index is 15.8. The second-order valence-electron chi connectivity index (χ2n) is 10.5. The molecule has 2 aromatic heterocycles. The number of fused-ring (bicyclic) bond motifs is 1. The molecular formula is C33H29F6NOS. The van der Waals surface area contributed by atoms with E-state index in [4.69, 9.17) is 4.74 Å². The van der Waals surface area contributed by atoms with E-state index < -0.39 is 28.9 Å². The minimum Gasteiger partial charge on any atom is -0.497 e. The third-order valence-electron chi connectivity index (χ3n) is 7.95. The first kappa shape index (κ1) is 29.8. The van der Waals surface area contributed by atoms with Crippen molar-refractivity contribution in [3.8, 4) is 5.75 Å². The largest absolute Gasteiger partial charge is 0.497 e. The van der Waals surface area contributed by atoms with Gasteiger partial charge in [-0.05, 0) is 63.1 Å². The molecule has 5 rings (SSSR count). The number of benzene rings is 2. The summed E-state index contributed by atoms with van der Waals surface area (Å²) in [5.74, 6) is -15.7. The van der Waals surface area contributed by atoms with Crippen LogP contribution in [0.25, 0.3) is 34.2 Å². The quantitative estimate of drug-likeness (QED) is 0.158. The Morgan fingerprint density at radius 1 is 0.786 bits per heavy atom. The Balaban J connectivity index is 1.73. The second-order valence-corrected chi connectivity index (χ2v) is 11.8. The Hall–Kier alpha value is -3.72. The first-order valence-corrected chi connectivity index (χ1v) is 14.0. The number of thiophene rings is 1. The number of aryl methyl sites for hydroxylation is 3. The van der Waals surface area contributed by atoms with Crippen molar-refractivity contribution in [2.24, 2.45) is 7.05 Å². The first-order chi connectivity index (χ1) is 19.6. The molecule has 42 heavy (non-hydrogen) atoms. The van der Waals surface area contributed by atoms with Crippen LogP contribution in [-0.4, -0.2) is 29.4 Å². The van der Waals surface area contributed by atoms with Crippen molar-refractivity contribution in [1.29, 1.82) is 0 Å². The monoisotopic (exact) mass is 601 g/mol. The molecular weight excluding hydrogens is 572 g/mol. The Morgan fingerprint density at radius 2 is 1.38 bits per heavy atom. The van der Waals surface area contributed by atoms with Crippen LogP contribution >= 0.6 is 11.3 Å². The van der Waals surface area contributed by atoms with Crippen molar-refractivity contribution >= 4 is 45.5 Å². The number of ether oxygens (including phenoxy) is 1. The van der Waals surface area contributed by atoms with Gasteiger partial charge in [-0.15, -0.1) is 11.3 Å². The highest BCUT2D eigenvalue weighted by molar-refractivity contribution is 7.13. The van der Waals surface area contributed by atoms with Crippen molar-refractivity contribution in [3.63, 3.8) is 0 Å². The van der Waals surface area contributed by atoms with E-state index in [9.17, 15) is 0 Å². The molecule has 1 aliphatic carbocycles. The lowest BCUT2D eigenvalue weighted by molar-refractivity contribution is -0.254. The van der Waals surface area contributed by atoms with E-state index in [-0.39, 0.29) is 38.4 Å². The van der Waals surface area contributed by atoms with Gasteiger partial charge in [-0.3, -0.25) is 0 Å². The summed E-state index contributed by atoms with van der Waals surface area (Å²) in [5.41, 5.74) is -0.427.